The van der Waals surface area contributed by atoms with Crippen LogP contribution in [0.5, 0.6) is 0 Å². The normalized spacial score (nSPS) is 12.4. The summed E-state index contributed by atoms with van der Waals surface area (Å²) in [5.41, 5.74) is 2.85. The van der Waals surface area contributed by atoms with Gasteiger partial charge < -0.3 is 10.1 Å². The minimum absolute atomic E-state index is 0.239. The quantitative estimate of drug-likeness (QED) is 0.831. The average Bonchev–Trinajstić information content (AvgIpc) is 2.43. The van der Waals surface area contributed by atoms with E-state index in [1.165, 1.54) is 7.05 Å². The number of hydrogen-bond acceptors (Lipinski definition) is 4. The van der Waals surface area contributed by atoms with Crippen LogP contribution in [0.1, 0.15) is 26.3 Å². The zero-order valence-corrected chi connectivity index (χ0v) is 13.8. The number of benzene rings is 1. The number of hydrogen-bond donors (Lipinski definition) is 2. The molecular formula is C16H25N3O3. The molecule has 0 aliphatic rings. The molecule has 1 aromatic carbocycles. The van der Waals surface area contributed by atoms with E-state index >= 15 is 0 Å². The van der Waals surface area contributed by atoms with E-state index in [-0.39, 0.29) is 5.91 Å². The summed E-state index contributed by atoms with van der Waals surface area (Å²) in [6, 6.07) is 9.26. The van der Waals surface area contributed by atoms with E-state index in [4.69, 9.17) is 4.74 Å². The Morgan fingerprint density at radius 2 is 1.82 bits per heavy atom. The topological polar surface area (TPSA) is 70.7 Å². The van der Waals surface area contributed by atoms with Crippen molar-refractivity contribution < 1.29 is 14.3 Å². The van der Waals surface area contributed by atoms with Crippen LogP contribution in [-0.4, -0.2) is 42.7 Å². The van der Waals surface area contributed by atoms with Crippen LogP contribution in [0.3, 0.4) is 0 Å². The Bertz CT molecular complexity index is 497. The monoisotopic (exact) mass is 307 g/mol. The van der Waals surface area contributed by atoms with Gasteiger partial charge in [-0.25, -0.2) is 10.2 Å². The van der Waals surface area contributed by atoms with Crippen molar-refractivity contribution in [3.05, 3.63) is 35.9 Å². The predicted octanol–water partition coefficient (Wildman–Crippen LogP) is 1.72. The molecule has 0 aliphatic heterocycles. The number of nitrogens with zero attached hydrogens (tertiary/aromatic N) is 1. The van der Waals surface area contributed by atoms with Crippen molar-refractivity contribution in [3.63, 3.8) is 0 Å². The first kappa shape index (κ1) is 18.0. The molecular weight excluding hydrogens is 282 g/mol. The van der Waals surface area contributed by atoms with Crippen LogP contribution in [-0.2, 0) is 16.0 Å². The minimum atomic E-state index is -0.655. The van der Waals surface area contributed by atoms with Gasteiger partial charge in [0.25, 0.3) is 5.91 Å². The van der Waals surface area contributed by atoms with E-state index in [2.05, 4.69) is 10.7 Å². The molecule has 6 heteroatoms. The third kappa shape index (κ3) is 6.13. The molecule has 1 unspecified atom stereocenters. The molecule has 0 heterocycles. The zero-order valence-electron chi connectivity index (χ0n) is 13.8. The highest BCUT2D eigenvalue weighted by Gasteiger charge is 2.24. The number of nitrogens with one attached hydrogen (secondary N) is 2. The number of carbonyl (C=O) groups is 2. The fourth-order valence-electron chi connectivity index (χ4n) is 1.89. The first-order valence-electron chi connectivity index (χ1n) is 7.21. The molecule has 0 radical (unpaired) electrons. The van der Waals surface area contributed by atoms with E-state index in [1.807, 2.05) is 30.3 Å². The second-order valence-corrected chi connectivity index (χ2v) is 6.04. The third-order valence-corrected chi connectivity index (χ3v) is 2.92. The fraction of sp³-hybridized carbons (Fsp3) is 0.500. The first-order valence-corrected chi connectivity index (χ1v) is 7.21. The smallest absolute Gasteiger partial charge is 0.426 e. The molecule has 6 nitrogen and oxygen atoms in total. The summed E-state index contributed by atoms with van der Waals surface area (Å²) in [4.78, 5) is 24.1. The van der Waals surface area contributed by atoms with Crippen molar-refractivity contribution in [2.75, 3.05) is 14.1 Å². The summed E-state index contributed by atoms with van der Waals surface area (Å²) in [5, 5.41) is 4.12. The van der Waals surface area contributed by atoms with E-state index in [0.29, 0.717) is 6.42 Å². The van der Waals surface area contributed by atoms with E-state index in [9.17, 15) is 9.59 Å². The molecule has 122 valence electrons. The lowest BCUT2D eigenvalue weighted by molar-refractivity contribution is -0.134. The Balaban J connectivity index is 2.61. The van der Waals surface area contributed by atoms with E-state index < -0.39 is 17.7 Å². The number of rotatable bonds is 4. The van der Waals surface area contributed by atoms with Crippen molar-refractivity contribution in [1.82, 2.24) is 15.8 Å². The van der Waals surface area contributed by atoms with Gasteiger partial charge in [0.1, 0.15) is 5.60 Å². The van der Waals surface area contributed by atoms with E-state index in [1.54, 1.807) is 27.8 Å². The van der Waals surface area contributed by atoms with Crippen molar-refractivity contribution in [2.45, 2.75) is 38.8 Å². The third-order valence-electron chi connectivity index (χ3n) is 2.92. The summed E-state index contributed by atoms with van der Waals surface area (Å²) in [5.74, 6) is -0.239. The number of likely N-dealkylation sites (N-methyl/N-ethyl adjacent to an activating group) is 2. The van der Waals surface area contributed by atoms with Gasteiger partial charge in [0.2, 0.25) is 0 Å². The van der Waals surface area contributed by atoms with Crippen molar-refractivity contribution in [1.29, 1.82) is 0 Å². The summed E-state index contributed by atoms with van der Waals surface area (Å²) in [6.45, 7) is 5.29. The Labute approximate surface area is 131 Å². The van der Waals surface area contributed by atoms with Gasteiger partial charge in [-0.1, -0.05) is 30.3 Å². The highest BCUT2D eigenvalue weighted by Crippen LogP contribution is 2.07. The number of amides is 2. The number of carbonyl (C=O) groups excluding carboxylic acids is 2. The molecule has 0 fully saturated rings. The van der Waals surface area contributed by atoms with E-state index in [0.717, 1.165) is 10.6 Å². The van der Waals surface area contributed by atoms with Crippen molar-refractivity contribution in [2.24, 2.45) is 0 Å². The highest BCUT2D eigenvalue weighted by atomic mass is 16.6. The van der Waals surface area contributed by atoms with Crippen LogP contribution >= 0.6 is 0 Å². The molecule has 0 aromatic heterocycles. The van der Waals surface area contributed by atoms with Gasteiger partial charge in [-0.05, 0) is 39.8 Å². The first-order chi connectivity index (χ1) is 10.2. The van der Waals surface area contributed by atoms with Crippen molar-refractivity contribution in [3.8, 4) is 0 Å². The van der Waals surface area contributed by atoms with Crippen LogP contribution in [0.2, 0.25) is 0 Å². The Morgan fingerprint density at radius 3 is 2.32 bits per heavy atom. The van der Waals surface area contributed by atoms with Gasteiger partial charge in [-0.2, -0.15) is 0 Å². The van der Waals surface area contributed by atoms with Gasteiger partial charge in [0.05, 0.1) is 6.04 Å². The van der Waals surface area contributed by atoms with Crippen LogP contribution in [0.4, 0.5) is 4.79 Å². The maximum absolute atomic E-state index is 12.4. The lowest BCUT2D eigenvalue weighted by atomic mass is 10.1. The Kier molecular flexibility index (Phi) is 6.37. The van der Waals surface area contributed by atoms with Gasteiger partial charge in [-0.3, -0.25) is 9.80 Å². The summed E-state index contributed by atoms with van der Waals surface area (Å²) in [6.07, 6.45) is -0.117. The van der Waals surface area contributed by atoms with Crippen LogP contribution in [0.15, 0.2) is 30.3 Å². The highest BCUT2D eigenvalue weighted by molar-refractivity contribution is 5.83. The Hall–Kier alpha value is -2.08. The molecule has 1 atom stereocenters. The van der Waals surface area contributed by atoms with Gasteiger partial charge in [0, 0.05) is 7.05 Å². The standard InChI is InChI=1S/C16H25N3O3/c1-16(2,3)22-15(21)18-19(5)14(20)13(17-4)11-12-9-7-6-8-10-12/h6-10,13,17H,11H2,1-5H3,(H,18,21). The molecule has 1 rings (SSSR count). The molecule has 0 spiro atoms. The SMILES string of the molecule is CNC(Cc1ccccc1)C(=O)N(C)NC(=O)OC(C)(C)C. The molecule has 22 heavy (non-hydrogen) atoms. The average molecular weight is 307 g/mol. The molecule has 0 aliphatic carbocycles. The molecule has 2 amide bonds. The predicted molar refractivity (Wildman–Crippen MR) is 85.1 cm³/mol. The van der Waals surface area contributed by atoms with Crippen molar-refractivity contribution >= 4 is 12.0 Å². The van der Waals surface area contributed by atoms with Gasteiger partial charge in [0.15, 0.2) is 0 Å². The molecule has 0 saturated heterocycles. The number of hydrazine groups is 1. The molecule has 0 bridgehead atoms. The van der Waals surface area contributed by atoms with Gasteiger partial charge in [-0.15, -0.1) is 0 Å². The molecule has 2 N–H and O–H groups in total. The minimum Gasteiger partial charge on any atom is -0.443 e. The second-order valence-electron chi connectivity index (χ2n) is 6.04. The van der Waals surface area contributed by atoms with Gasteiger partial charge >= 0.3 is 6.09 Å². The maximum atomic E-state index is 12.4. The maximum Gasteiger partial charge on any atom is 0.426 e. The lowest BCUT2D eigenvalue weighted by Gasteiger charge is -2.26. The summed E-state index contributed by atoms with van der Waals surface area (Å²) in [7, 11) is 3.22. The number of ether oxygens (including phenoxy) is 1. The van der Waals surface area contributed by atoms with Crippen LogP contribution in [0, 0.1) is 0 Å². The molecule has 1 aromatic rings. The van der Waals surface area contributed by atoms with Crippen LogP contribution < -0.4 is 10.7 Å². The lowest BCUT2D eigenvalue weighted by Crippen LogP contribution is -2.52. The largest absolute Gasteiger partial charge is 0.443 e. The fourth-order valence-corrected chi connectivity index (χ4v) is 1.89. The second kappa shape index (κ2) is 7.79. The zero-order chi connectivity index (χ0) is 16.8. The molecule has 0 saturated carbocycles. The summed E-state index contributed by atoms with van der Waals surface area (Å²) < 4.78 is 5.13. The summed E-state index contributed by atoms with van der Waals surface area (Å²) >= 11 is 0. The van der Waals surface area contributed by atoms with Crippen LogP contribution in [0.25, 0.3) is 0 Å². The Morgan fingerprint density at radius 1 is 1.23 bits per heavy atom.